The maximum Gasteiger partial charge on any atom is 0.251 e. The van der Waals surface area contributed by atoms with E-state index >= 15 is 0 Å². The van der Waals surface area contributed by atoms with Gasteiger partial charge in [-0.25, -0.2) is 4.68 Å². The number of amides is 1. The molecule has 0 saturated carbocycles. The Labute approximate surface area is 182 Å². The normalized spacial score (nSPS) is 10.7. The zero-order chi connectivity index (χ0) is 21.9. The Morgan fingerprint density at radius 3 is 2.77 bits per heavy atom. The van der Waals surface area contributed by atoms with E-state index in [-0.39, 0.29) is 5.91 Å². The van der Waals surface area contributed by atoms with Gasteiger partial charge in [0.2, 0.25) is 0 Å². The fourth-order valence-corrected chi connectivity index (χ4v) is 2.79. The van der Waals surface area contributed by atoms with Crippen LogP contribution in [0.25, 0.3) is 5.69 Å². The van der Waals surface area contributed by atoms with Gasteiger partial charge in [0.1, 0.15) is 0 Å². The van der Waals surface area contributed by atoms with Crippen LogP contribution in [0.3, 0.4) is 0 Å². The predicted molar refractivity (Wildman–Crippen MR) is 125 cm³/mol. The lowest BCUT2D eigenvalue weighted by Gasteiger charge is -2.09. The Morgan fingerprint density at radius 2 is 2.03 bits per heavy atom. The molecule has 1 aromatic heterocycles. The van der Waals surface area contributed by atoms with E-state index in [1.165, 1.54) is 0 Å². The van der Waals surface area contributed by atoms with E-state index in [2.05, 4.69) is 33.8 Å². The first-order valence-electron chi connectivity index (χ1n) is 9.99. The molecule has 0 atom stereocenters. The van der Waals surface area contributed by atoms with Crippen molar-refractivity contribution in [2.75, 3.05) is 6.54 Å². The number of hydrogen-bond donors (Lipinski definition) is 1. The molecule has 5 nitrogen and oxygen atoms in total. The van der Waals surface area contributed by atoms with E-state index in [0.29, 0.717) is 18.5 Å². The van der Waals surface area contributed by atoms with Crippen molar-refractivity contribution >= 4 is 12.1 Å². The van der Waals surface area contributed by atoms with Gasteiger partial charge in [0.25, 0.3) is 5.91 Å². The summed E-state index contributed by atoms with van der Waals surface area (Å²) in [5.41, 5.74) is 3.84. The summed E-state index contributed by atoms with van der Waals surface area (Å²) in [7, 11) is 0. The molecule has 0 radical (unpaired) electrons. The fourth-order valence-electron chi connectivity index (χ4n) is 2.79. The summed E-state index contributed by atoms with van der Waals surface area (Å²) in [4.78, 5) is 16.8. The van der Waals surface area contributed by atoms with Gasteiger partial charge in [0.15, 0.2) is 0 Å². The predicted octanol–water partition coefficient (Wildman–Crippen LogP) is 4.55. The first-order chi connectivity index (χ1) is 15.2. The van der Waals surface area contributed by atoms with E-state index in [0.717, 1.165) is 22.4 Å². The minimum absolute atomic E-state index is 0.159. The summed E-state index contributed by atoms with van der Waals surface area (Å²) >= 11 is 0. The average molecular weight is 409 g/mol. The Bertz CT molecular complexity index is 1150. The molecule has 1 N–H and O–H groups in total. The maximum atomic E-state index is 12.7. The molecule has 0 aliphatic heterocycles. The van der Waals surface area contributed by atoms with Crippen LogP contribution in [0.15, 0.2) is 96.4 Å². The lowest BCUT2D eigenvalue weighted by molar-refractivity contribution is 0.0954. The van der Waals surface area contributed by atoms with Crippen molar-refractivity contribution in [2.45, 2.75) is 13.3 Å². The molecule has 0 fully saturated rings. The van der Waals surface area contributed by atoms with E-state index in [1.807, 2.05) is 61.7 Å². The molecule has 2 aromatic carbocycles. The third kappa shape index (κ3) is 6.41. The molecular formula is C26H24N4O. The molecule has 3 aromatic rings. The second-order valence-electron chi connectivity index (χ2n) is 6.72. The van der Waals surface area contributed by atoms with Crippen molar-refractivity contribution in [1.82, 2.24) is 15.1 Å². The number of allylic oxidation sites excluding steroid dienone is 1. The van der Waals surface area contributed by atoms with E-state index in [9.17, 15) is 4.79 Å². The standard InChI is InChI=1S/C26H24N4O/c1-3-15-27-20-21(2)14-17-28-26(31)24-12-13-25(30-18-7-16-29-30)23(19-24)11-10-22-8-5-4-6-9-22/h3-9,12-13,15-16,18-20H,2,14,17H2,1H3,(H,28,31)/b15-3-,27-20?. The fraction of sp³-hybridized carbons (Fsp3) is 0.115. The second kappa shape index (κ2) is 11.1. The van der Waals surface area contributed by atoms with Crippen LogP contribution in [0.1, 0.15) is 34.8 Å². The average Bonchev–Trinajstić information content (AvgIpc) is 3.33. The summed E-state index contributed by atoms with van der Waals surface area (Å²) in [5, 5.41) is 7.22. The van der Waals surface area contributed by atoms with Gasteiger partial charge >= 0.3 is 0 Å². The third-order valence-electron chi connectivity index (χ3n) is 4.35. The molecule has 0 aliphatic carbocycles. The van der Waals surface area contributed by atoms with Crippen LogP contribution in [0.5, 0.6) is 0 Å². The largest absolute Gasteiger partial charge is 0.352 e. The number of carbonyl (C=O) groups is 1. The molecule has 5 heteroatoms. The maximum absolute atomic E-state index is 12.7. The highest BCUT2D eigenvalue weighted by molar-refractivity contribution is 5.95. The third-order valence-corrected chi connectivity index (χ3v) is 4.35. The number of aromatic nitrogens is 2. The van der Waals surface area contributed by atoms with Gasteiger partial charge in [0.05, 0.1) is 11.3 Å². The van der Waals surface area contributed by atoms with Crippen LogP contribution in [0.2, 0.25) is 0 Å². The smallest absolute Gasteiger partial charge is 0.251 e. The van der Waals surface area contributed by atoms with Crippen molar-refractivity contribution in [3.05, 3.63) is 108 Å². The number of hydrogen-bond acceptors (Lipinski definition) is 3. The Kier molecular flexibility index (Phi) is 7.73. The van der Waals surface area contributed by atoms with Crippen LogP contribution in [0.4, 0.5) is 0 Å². The van der Waals surface area contributed by atoms with Crippen molar-refractivity contribution in [3.8, 4) is 17.5 Å². The minimum Gasteiger partial charge on any atom is -0.352 e. The Balaban J connectivity index is 1.76. The second-order valence-corrected chi connectivity index (χ2v) is 6.72. The monoisotopic (exact) mass is 408 g/mol. The highest BCUT2D eigenvalue weighted by atomic mass is 16.1. The molecule has 0 bridgehead atoms. The summed E-state index contributed by atoms with van der Waals surface area (Å²) in [6, 6.07) is 17.0. The van der Waals surface area contributed by atoms with Crippen molar-refractivity contribution < 1.29 is 4.79 Å². The van der Waals surface area contributed by atoms with Crippen molar-refractivity contribution in [2.24, 2.45) is 4.99 Å². The number of benzene rings is 2. The highest BCUT2D eigenvalue weighted by Gasteiger charge is 2.10. The zero-order valence-electron chi connectivity index (χ0n) is 17.5. The van der Waals surface area contributed by atoms with Gasteiger partial charge in [-0.2, -0.15) is 5.10 Å². The van der Waals surface area contributed by atoms with Gasteiger partial charge in [-0.3, -0.25) is 9.79 Å². The number of rotatable bonds is 7. The molecular weight excluding hydrogens is 384 g/mol. The van der Waals surface area contributed by atoms with Crippen molar-refractivity contribution in [1.29, 1.82) is 0 Å². The molecule has 0 aliphatic rings. The van der Waals surface area contributed by atoms with Gasteiger partial charge in [-0.05, 0) is 55.3 Å². The highest BCUT2D eigenvalue weighted by Crippen LogP contribution is 2.16. The first-order valence-corrected chi connectivity index (χ1v) is 9.99. The SMILES string of the molecule is C=C(C=N/C=C\C)CCNC(=O)c1ccc(-n2cccn2)c(C#Cc2ccccc2)c1. The van der Waals surface area contributed by atoms with E-state index in [1.54, 1.807) is 35.4 Å². The number of aliphatic imine (C=N–C) groups is 1. The number of nitrogens with zero attached hydrogens (tertiary/aromatic N) is 3. The molecule has 0 saturated heterocycles. The Morgan fingerprint density at radius 1 is 1.19 bits per heavy atom. The van der Waals surface area contributed by atoms with Gasteiger partial charge in [0, 0.05) is 42.5 Å². The zero-order valence-corrected chi connectivity index (χ0v) is 17.5. The molecule has 154 valence electrons. The van der Waals surface area contributed by atoms with Gasteiger partial charge in [-0.15, -0.1) is 0 Å². The molecule has 31 heavy (non-hydrogen) atoms. The number of carbonyl (C=O) groups excluding carboxylic acids is 1. The lowest BCUT2D eigenvalue weighted by atomic mass is 10.1. The van der Waals surface area contributed by atoms with E-state index in [4.69, 9.17) is 0 Å². The van der Waals surface area contributed by atoms with Crippen LogP contribution in [0, 0.1) is 11.8 Å². The van der Waals surface area contributed by atoms with Crippen LogP contribution < -0.4 is 5.32 Å². The molecule has 3 rings (SSSR count). The summed E-state index contributed by atoms with van der Waals surface area (Å²) < 4.78 is 1.74. The molecule has 0 unspecified atom stereocenters. The van der Waals surface area contributed by atoms with Crippen LogP contribution >= 0.6 is 0 Å². The van der Waals surface area contributed by atoms with Crippen LogP contribution in [-0.4, -0.2) is 28.4 Å². The van der Waals surface area contributed by atoms with Gasteiger partial charge < -0.3 is 5.32 Å². The summed E-state index contributed by atoms with van der Waals surface area (Å²) in [6.07, 6.45) is 9.42. The summed E-state index contributed by atoms with van der Waals surface area (Å²) in [6.45, 7) is 6.32. The molecule has 1 amide bonds. The minimum atomic E-state index is -0.159. The van der Waals surface area contributed by atoms with E-state index < -0.39 is 0 Å². The van der Waals surface area contributed by atoms with Crippen LogP contribution in [-0.2, 0) is 0 Å². The van der Waals surface area contributed by atoms with Crippen molar-refractivity contribution in [3.63, 3.8) is 0 Å². The Hall–Kier alpha value is -4.17. The summed E-state index contributed by atoms with van der Waals surface area (Å²) in [5.74, 6) is 6.19. The molecule has 1 heterocycles. The topological polar surface area (TPSA) is 59.3 Å². The number of nitrogens with one attached hydrogen (secondary N) is 1. The quantitative estimate of drug-likeness (QED) is 0.460. The first kappa shape index (κ1) is 21.5. The molecule has 0 spiro atoms. The van der Waals surface area contributed by atoms with Gasteiger partial charge in [-0.1, -0.05) is 42.7 Å². The lowest BCUT2D eigenvalue weighted by Crippen LogP contribution is -2.25.